The summed E-state index contributed by atoms with van der Waals surface area (Å²) >= 11 is 1.37. The van der Waals surface area contributed by atoms with Gasteiger partial charge in [-0.3, -0.25) is 4.79 Å². The highest BCUT2D eigenvalue weighted by atomic mass is 32.1. The Morgan fingerprint density at radius 2 is 2.25 bits per heavy atom. The number of thiazole rings is 1. The topological polar surface area (TPSA) is 86.5 Å². The van der Waals surface area contributed by atoms with Crippen LogP contribution < -0.4 is 15.8 Å². The maximum Gasteiger partial charge on any atom is 0.226 e. The molecule has 1 aromatic carbocycles. The number of nitrogen functional groups attached to an aromatic ring is 1. The van der Waals surface area contributed by atoms with Gasteiger partial charge in [-0.05, 0) is 12.5 Å². The zero-order valence-electron chi connectivity index (χ0n) is 11.4. The molecule has 2 aromatic rings. The molecule has 6 nitrogen and oxygen atoms in total. The fourth-order valence-corrected chi connectivity index (χ4v) is 2.73. The van der Waals surface area contributed by atoms with Crippen molar-refractivity contribution in [3.63, 3.8) is 0 Å². The smallest absolute Gasteiger partial charge is 0.226 e. The van der Waals surface area contributed by atoms with Gasteiger partial charge in [-0.1, -0.05) is 11.3 Å². The Bertz CT molecular complexity index is 612. The predicted octanol–water partition coefficient (Wildman–Crippen LogP) is 2.25. The normalized spacial score (nSPS) is 10.7. The lowest BCUT2D eigenvalue weighted by Crippen LogP contribution is -2.11. The van der Waals surface area contributed by atoms with E-state index in [4.69, 9.17) is 15.2 Å². The first kappa shape index (κ1) is 14.5. The molecule has 0 unspecified atom stereocenters. The van der Waals surface area contributed by atoms with E-state index in [1.54, 1.807) is 20.3 Å². The van der Waals surface area contributed by atoms with E-state index in [2.05, 4.69) is 10.3 Å². The number of ether oxygens (including phenoxy) is 2. The second kappa shape index (κ2) is 6.53. The molecule has 2 rings (SSSR count). The molecule has 0 radical (unpaired) electrons. The van der Waals surface area contributed by atoms with Crippen LogP contribution in [-0.4, -0.2) is 31.7 Å². The third-order valence-corrected chi connectivity index (χ3v) is 3.62. The Kier molecular flexibility index (Phi) is 4.75. The number of nitrogens with one attached hydrogen (secondary N) is 1. The number of methoxy groups -OCH3 is 2. The van der Waals surface area contributed by atoms with Crippen molar-refractivity contribution in [1.29, 1.82) is 0 Å². The number of fused-ring (bicyclic) bond motifs is 1. The van der Waals surface area contributed by atoms with Crippen LogP contribution in [0.2, 0.25) is 0 Å². The molecular formula is C13H17N3O3S. The molecule has 0 saturated heterocycles. The second-order valence-corrected chi connectivity index (χ2v) is 5.26. The van der Waals surface area contributed by atoms with E-state index in [9.17, 15) is 4.79 Å². The van der Waals surface area contributed by atoms with Crippen LogP contribution in [0.3, 0.4) is 0 Å². The van der Waals surface area contributed by atoms with Crippen LogP contribution in [0.15, 0.2) is 12.1 Å². The van der Waals surface area contributed by atoms with Gasteiger partial charge in [0.2, 0.25) is 5.91 Å². The summed E-state index contributed by atoms with van der Waals surface area (Å²) in [6.07, 6.45) is 1.09. The van der Waals surface area contributed by atoms with Gasteiger partial charge in [0.15, 0.2) is 5.13 Å². The van der Waals surface area contributed by atoms with Crippen molar-refractivity contribution in [2.45, 2.75) is 12.8 Å². The van der Waals surface area contributed by atoms with Crippen molar-refractivity contribution in [2.75, 3.05) is 31.9 Å². The number of carbonyl (C=O) groups excluding carboxylic acids is 1. The Morgan fingerprint density at radius 3 is 2.95 bits per heavy atom. The third-order valence-electron chi connectivity index (χ3n) is 2.70. The molecule has 0 saturated carbocycles. The number of nitrogens with zero attached hydrogens (tertiary/aromatic N) is 1. The fraction of sp³-hybridized carbons (Fsp3) is 0.385. The van der Waals surface area contributed by atoms with E-state index in [-0.39, 0.29) is 5.91 Å². The average molecular weight is 295 g/mol. The molecule has 108 valence electrons. The van der Waals surface area contributed by atoms with Crippen LogP contribution in [0.25, 0.3) is 10.2 Å². The van der Waals surface area contributed by atoms with Crippen molar-refractivity contribution >= 4 is 38.3 Å². The molecule has 0 bridgehead atoms. The number of anilines is 2. The van der Waals surface area contributed by atoms with Gasteiger partial charge in [-0.25, -0.2) is 4.98 Å². The molecule has 20 heavy (non-hydrogen) atoms. The standard InChI is InChI=1S/C13H17N3O3S/c1-18-5-3-4-11(17)15-13-16-12-9(19-2)6-8(14)7-10(12)20-13/h6-7H,3-5,14H2,1-2H3,(H,15,16,17). The largest absolute Gasteiger partial charge is 0.494 e. The number of benzene rings is 1. The number of nitrogens with two attached hydrogens (primary N) is 1. The number of hydrogen-bond donors (Lipinski definition) is 2. The molecule has 0 aliphatic carbocycles. The van der Waals surface area contributed by atoms with Crippen LogP contribution in [0.4, 0.5) is 10.8 Å². The van der Waals surface area contributed by atoms with Gasteiger partial charge in [0.25, 0.3) is 0 Å². The highest BCUT2D eigenvalue weighted by Crippen LogP contribution is 2.34. The molecule has 0 aliphatic heterocycles. The minimum Gasteiger partial charge on any atom is -0.494 e. The molecular weight excluding hydrogens is 278 g/mol. The molecule has 0 spiro atoms. The molecule has 1 amide bonds. The summed E-state index contributed by atoms with van der Waals surface area (Å²) in [5.41, 5.74) is 7.10. The Morgan fingerprint density at radius 1 is 1.45 bits per heavy atom. The van der Waals surface area contributed by atoms with Crippen LogP contribution in [0.5, 0.6) is 5.75 Å². The first-order chi connectivity index (χ1) is 9.63. The van der Waals surface area contributed by atoms with Crippen LogP contribution >= 0.6 is 11.3 Å². The SMILES string of the molecule is COCCCC(=O)Nc1nc2c(OC)cc(N)cc2s1. The fourth-order valence-electron chi connectivity index (χ4n) is 1.79. The highest BCUT2D eigenvalue weighted by Gasteiger charge is 2.12. The lowest BCUT2D eigenvalue weighted by molar-refractivity contribution is -0.116. The van der Waals surface area contributed by atoms with E-state index in [0.717, 1.165) is 4.70 Å². The Hall–Kier alpha value is -1.86. The average Bonchev–Trinajstić information content (AvgIpc) is 2.80. The third kappa shape index (κ3) is 3.37. The maximum atomic E-state index is 11.7. The Labute approximate surface area is 120 Å². The molecule has 7 heteroatoms. The zero-order valence-corrected chi connectivity index (χ0v) is 12.3. The quantitative estimate of drug-likeness (QED) is 0.630. The number of rotatable bonds is 6. The van der Waals surface area contributed by atoms with E-state index in [1.165, 1.54) is 11.3 Å². The van der Waals surface area contributed by atoms with Gasteiger partial charge in [-0.2, -0.15) is 0 Å². The summed E-state index contributed by atoms with van der Waals surface area (Å²) in [5, 5.41) is 3.33. The van der Waals surface area contributed by atoms with Gasteiger partial charge in [0.1, 0.15) is 11.3 Å². The second-order valence-electron chi connectivity index (χ2n) is 4.23. The van der Waals surface area contributed by atoms with Crippen LogP contribution in [-0.2, 0) is 9.53 Å². The zero-order chi connectivity index (χ0) is 14.5. The molecule has 0 fully saturated rings. The first-order valence-corrected chi connectivity index (χ1v) is 6.98. The monoisotopic (exact) mass is 295 g/mol. The van der Waals surface area contributed by atoms with Gasteiger partial charge in [-0.15, -0.1) is 0 Å². The van der Waals surface area contributed by atoms with Crippen molar-refractivity contribution in [1.82, 2.24) is 4.98 Å². The first-order valence-electron chi connectivity index (χ1n) is 6.17. The number of carbonyl (C=O) groups is 1. The Balaban J connectivity index is 2.13. The van der Waals surface area contributed by atoms with E-state index in [0.29, 0.717) is 41.5 Å². The van der Waals surface area contributed by atoms with Crippen molar-refractivity contribution in [2.24, 2.45) is 0 Å². The lowest BCUT2D eigenvalue weighted by Gasteiger charge is -2.01. The summed E-state index contributed by atoms with van der Waals surface area (Å²) in [7, 11) is 3.18. The number of amides is 1. The number of aromatic nitrogens is 1. The van der Waals surface area contributed by atoms with Crippen LogP contribution in [0.1, 0.15) is 12.8 Å². The minimum absolute atomic E-state index is 0.0759. The predicted molar refractivity (Wildman–Crippen MR) is 80.3 cm³/mol. The van der Waals surface area contributed by atoms with Crippen LogP contribution in [0, 0.1) is 0 Å². The lowest BCUT2D eigenvalue weighted by atomic mass is 10.3. The maximum absolute atomic E-state index is 11.7. The summed E-state index contributed by atoms with van der Waals surface area (Å²) in [4.78, 5) is 16.1. The van der Waals surface area contributed by atoms with E-state index < -0.39 is 0 Å². The molecule has 3 N–H and O–H groups in total. The van der Waals surface area contributed by atoms with E-state index in [1.807, 2.05) is 6.07 Å². The molecule has 0 aliphatic rings. The summed E-state index contributed by atoms with van der Waals surface area (Å²) in [6.45, 7) is 0.567. The van der Waals surface area contributed by atoms with Crippen molar-refractivity contribution < 1.29 is 14.3 Å². The van der Waals surface area contributed by atoms with Gasteiger partial charge in [0.05, 0.1) is 11.8 Å². The molecule has 1 aromatic heterocycles. The molecule has 1 heterocycles. The summed E-state index contributed by atoms with van der Waals surface area (Å²) in [5.74, 6) is 0.532. The van der Waals surface area contributed by atoms with E-state index >= 15 is 0 Å². The summed E-state index contributed by atoms with van der Waals surface area (Å²) in [6, 6.07) is 3.53. The highest BCUT2D eigenvalue weighted by molar-refractivity contribution is 7.22. The van der Waals surface area contributed by atoms with Crippen molar-refractivity contribution in [3.8, 4) is 5.75 Å². The van der Waals surface area contributed by atoms with Gasteiger partial charge in [0, 0.05) is 31.9 Å². The summed E-state index contributed by atoms with van der Waals surface area (Å²) < 4.78 is 11.0. The van der Waals surface area contributed by atoms with Crippen molar-refractivity contribution in [3.05, 3.63) is 12.1 Å². The van der Waals surface area contributed by atoms with Gasteiger partial charge < -0.3 is 20.5 Å². The number of hydrogen-bond acceptors (Lipinski definition) is 6. The van der Waals surface area contributed by atoms with Gasteiger partial charge >= 0.3 is 0 Å². The molecule has 0 atom stereocenters. The minimum atomic E-state index is -0.0759.